The molecule has 0 aliphatic carbocycles. The smallest absolute Gasteiger partial charge is 0.442 e. The molecule has 0 spiro atoms. The number of para-hydroxylation sites is 1. The molecular weight excluding hydrogens is 370 g/mol. The second-order valence-corrected chi connectivity index (χ2v) is 6.32. The van der Waals surface area contributed by atoms with Crippen LogP contribution in [0.5, 0.6) is 11.5 Å². The third-order valence-corrected chi connectivity index (χ3v) is 4.67. The molecule has 0 saturated carbocycles. The Kier molecular flexibility index (Phi) is 5.82. The lowest BCUT2D eigenvalue weighted by molar-refractivity contribution is -0.704. The fraction of sp³-hybridized carbons (Fsp3) is 0.167. The van der Waals surface area contributed by atoms with Gasteiger partial charge in [0.15, 0.2) is 0 Å². The Bertz CT molecular complexity index is 984. The van der Waals surface area contributed by atoms with Gasteiger partial charge in [-0.1, -0.05) is 18.2 Å². The second kappa shape index (κ2) is 8.45. The van der Waals surface area contributed by atoms with E-state index in [4.69, 9.17) is 14.0 Å². The van der Waals surface area contributed by atoms with Crippen LogP contribution in [0, 0.1) is 0 Å². The Hall–Kier alpha value is -3.20. The summed E-state index contributed by atoms with van der Waals surface area (Å²) in [5.74, 6) is 0.829. The van der Waals surface area contributed by atoms with E-state index in [9.17, 15) is 9.59 Å². The van der Waals surface area contributed by atoms with Gasteiger partial charge in [-0.05, 0) is 33.8 Å². The molecule has 0 unspecified atom stereocenters. The van der Waals surface area contributed by atoms with Crippen LogP contribution in [-0.2, 0) is 4.79 Å². The zero-order valence-corrected chi connectivity index (χ0v) is 15.5. The van der Waals surface area contributed by atoms with E-state index in [1.165, 1.54) is 11.8 Å². The van der Waals surface area contributed by atoms with Gasteiger partial charge in [0.1, 0.15) is 11.5 Å². The van der Waals surface area contributed by atoms with E-state index in [0.717, 1.165) is 17.4 Å². The lowest BCUT2D eigenvalue weighted by Crippen LogP contribution is -2.36. The molecule has 0 aliphatic rings. The molecule has 0 fully saturated rings. The van der Waals surface area contributed by atoms with Crippen LogP contribution in [0.4, 0.5) is 5.69 Å². The van der Waals surface area contributed by atoms with Gasteiger partial charge in [0.05, 0.1) is 25.7 Å². The number of H-pyrrole nitrogens is 1. The van der Waals surface area contributed by atoms with Crippen molar-refractivity contribution < 1.29 is 23.5 Å². The Balaban J connectivity index is 1.71. The molecule has 27 heavy (non-hydrogen) atoms. The van der Waals surface area contributed by atoms with Gasteiger partial charge >= 0.3 is 10.7 Å². The zero-order valence-electron chi connectivity index (χ0n) is 14.7. The fourth-order valence-electron chi connectivity index (χ4n) is 2.36. The highest BCUT2D eigenvalue weighted by Gasteiger charge is 2.25. The van der Waals surface area contributed by atoms with Crippen LogP contribution >= 0.6 is 11.8 Å². The normalized spacial score (nSPS) is 10.4. The van der Waals surface area contributed by atoms with Crippen molar-refractivity contribution in [2.45, 2.75) is 5.03 Å². The monoisotopic (exact) mass is 388 g/mol. The number of anilines is 1. The van der Waals surface area contributed by atoms with Crippen LogP contribution in [0.3, 0.4) is 0 Å². The number of methoxy groups -OCH3 is 2. The SMILES string of the molecule is COc1ccc(NC(=O)CSc2c(=O)o[nH][n+]2-c2ccccc2)c(OC)c1. The topological polar surface area (TPSA) is 97.4 Å². The van der Waals surface area contributed by atoms with Crippen LogP contribution in [0.15, 0.2) is 62.9 Å². The first kappa shape index (κ1) is 18.6. The Morgan fingerprint density at radius 2 is 1.96 bits per heavy atom. The molecule has 140 valence electrons. The summed E-state index contributed by atoms with van der Waals surface area (Å²) in [6.45, 7) is 0. The summed E-state index contributed by atoms with van der Waals surface area (Å²) in [5.41, 5.74) is 0.697. The average Bonchev–Trinajstić information content (AvgIpc) is 3.07. The summed E-state index contributed by atoms with van der Waals surface area (Å²) in [5, 5.41) is 5.57. The first-order valence-corrected chi connectivity index (χ1v) is 8.94. The maximum Gasteiger partial charge on any atom is 0.442 e. The number of nitrogens with zero attached hydrogens (tertiary/aromatic N) is 1. The summed E-state index contributed by atoms with van der Waals surface area (Å²) in [6.07, 6.45) is 0. The molecule has 3 aromatic rings. The van der Waals surface area contributed by atoms with E-state index in [0.29, 0.717) is 17.2 Å². The molecule has 0 atom stereocenters. The maximum atomic E-state index is 12.3. The summed E-state index contributed by atoms with van der Waals surface area (Å²) in [7, 11) is 3.06. The lowest BCUT2D eigenvalue weighted by atomic mass is 10.2. The minimum atomic E-state index is -0.543. The molecule has 0 radical (unpaired) electrons. The van der Waals surface area contributed by atoms with Crippen LogP contribution in [0.25, 0.3) is 5.69 Å². The Labute approximate surface area is 159 Å². The summed E-state index contributed by atoms with van der Waals surface area (Å²) < 4.78 is 16.7. The third kappa shape index (κ3) is 4.32. The molecule has 0 bridgehead atoms. The standard InChI is InChI=1S/C18H17N3O5S/c1-24-13-8-9-14(15(10-13)25-2)19-16(22)11-27-17-18(23)26-20-21(17)12-6-4-3-5-7-12/h3-10H,11H2,1-2H3,(H-,19,20,22,23)/p+1. The molecule has 1 aromatic heterocycles. The maximum absolute atomic E-state index is 12.3. The van der Waals surface area contributed by atoms with Crippen molar-refractivity contribution >= 4 is 23.4 Å². The zero-order chi connectivity index (χ0) is 19.2. The van der Waals surface area contributed by atoms with Crippen molar-refractivity contribution in [3.8, 4) is 17.2 Å². The molecule has 2 N–H and O–H groups in total. The first-order chi connectivity index (χ1) is 13.1. The van der Waals surface area contributed by atoms with Crippen molar-refractivity contribution in [1.82, 2.24) is 5.27 Å². The van der Waals surface area contributed by atoms with E-state index in [-0.39, 0.29) is 16.7 Å². The van der Waals surface area contributed by atoms with Gasteiger partial charge in [-0.3, -0.25) is 9.32 Å². The molecule has 8 nitrogen and oxygen atoms in total. The summed E-state index contributed by atoms with van der Waals surface area (Å²) in [6, 6.07) is 14.3. The fourth-order valence-corrected chi connectivity index (χ4v) is 3.13. The number of amides is 1. The predicted molar refractivity (Wildman–Crippen MR) is 99.8 cm³/mol. The summed E-state index contributed by atoms with van der Waals surface area (Å²) in [4.78, 5) is 24.3. The number of rotatable bonds is 7. The number of carbonyl (C=O) groups is 1. The van der Waals surface area contributed by atoms with Crippen molar-refractivity contribution in [2.24, 2.45) is 0 Å². The first-order valence-electron chi connectivity index (χ1n) is 7.96. The largest absolute Gasteiger partial charge is 0.497 e. The van der Waals surface area contributed by atoms with Gasteiger partial charge in [-0.25, -0.2) is 4.79 Å². The van der Waals surface area contributed by atoms with Crippen molar-refractivity contribution in [2.75, 3.05) is 25.3 Å². The van der Waals surface area contributed by atoms with Crippen LogP contribution < -0.4 is 25.1 Å². The molecule has 0 saturated heterocycles. The molecule has 1 heterocycles. The third-order valence-electron chi connectivity index (χ3n) is 3.64. The highest BCUT2D eigenvalue weighted by molar-refractivity contribution is 7.99. The molecule has 1 amide bonds. The molecule has 9 heteroatoms. The van der Waals surface area contributed by atoms with Crippen molar-refractivity contribution in [3.05, 3.63) is 59.0 Å². The highest BCUT2D eigenvalue weighted by Crippen LogP contribution is 2.29. The number of aromatic amines is 1. The van der Waals surface area contributed by atoms with E-state index < -0.39 is 5.63 Å². The average molecular weight is 388 g/mol. The van der Waals surface area contributed by atoms with E-state index in [1.807, 2.05) is 30.3 Å². The number of benzene rings is 2. The van der Waals surface area contributed by atoms with E-state index in [2.05, 4.69) is 10.6 Å². The van der Waals surface area contributed by atoms with Gasteiger partial charge in [0, 0.05) is 18.2 Å². The van der Waals surface area contributed by atoms with Crippen molar-refractivity contribution in [3.63, 3.8) is 0 Å². The number of carbonyl (C=O) groups excluding carboxylic acids is 1. The summed E-state index contributed by atoms with van der Waals surface area (Å²) >= 11 is 1.07. The van der Waals surface area contributed by atoms with Gasteiger partial charge in [-0.15, -0.1) is 0 Å². The van der Waals surface area contributed by atoms with E-state index in [1.54, 1.807) is 25.3 Å². The quantitative estimate of drug-likeness (QED) is 0.475. The Morgan fingerprint density at radius 1 is 1.19 bits per heavy atom. The Morgan fingerprint density at radius 3 is 2.67 bits per heavy atom. The van der Waals surface area contributed by atoms with Crippen molar-refractivity contribution in [1.29, 1.82) is 0 Å². The van der Waals surface area contributed by atoms with E-state index >= 15 is 0 Å². The van der Waals surface area contributed by atoms with Crippen LogP contribution in [0.2, 0.25) is 0 Å². The van der Waals surface area contributed by atoms with Gasteiger partial charge in [0.2, 0.25) is 11.6 Å². The number of hydrogen-bond acceptors (Lipinski definition) is 6. The van der Waals surface area contributed by atoms with Crippen LogP contribution in [0.1, 0.15) is 0 Å². The van der Waals surface area contributed by atoms with Gasteiger partial charge < -0.3 is 14.8 Å². The number of nitrogens with one attached hydrogen (secondary N) is 2. The second-order valence-electron chi connectivity index (χ2n) is 5.36. The number of hydrogen-bond donors (Lipinski definition) is 2. The molecular formula is C18H18N3O5S+. The number of ether oxygens (including phenoxy) is 2. The molecule has 0 aliphatic heterocycles. The van der Waals surface area contributed by atoms with Gasteiger partial charge in [-0.2, -0.15) is 0 Å². The minimum Gasteiger partial charge on any atom is -0.497 e. The lowest BCUT2D eigenvalue weighted by Gasteiger charge is -2.11. The van der Waals surface area contributed by atoms with Crippen LogP contribution in [-0.4, -0.2) is 31.2 Å². The minimum absolute atomic E-state index is 0.0185. The number of thioether (sulfide) groups is 1. The molecule has 2 aromatic carbocycles. The predicted octanol–water partition coefficient (Wildman–Crippen LogP) is 1.99. The highest BCUT2D eigenvalue weighted by atomic mass is 32.2. The molecule has 3 rings (SSSR count). The number of aromatic nitrogens is 2. The van der Waals surface area contributed by atoms with Gasteiger partial charge in [0.25, 0.3) is 0 Å².